The third kappa shape index (κ3) is 3.14. The van der Waals surface area contributed by atoms with Crippen LogP contribution in [0.1, 0.15) is 24.8 Å². The highest BCUT2D eigenvalue weighted by atomic mass is 16.2. The smallest absolute Gasteiger partial charge is 0.227 e. The van der Waals surface area contributed by atoms with E-state index < -0.39 is 0 Å². The summed E-state index contributed by atoms with van der Waals surface area (Å²) in [5, 5.41) is 3.03. The molecule has 2 amide bonds. The minimum atomic E-state index is -0.276. The molecule has 22 heavy (non-hydrogen) atoms. The van der Waals surface area contributed by atoms with Gasteiger partial charge in [-0.05, 0) is 37.8 Å². The number of hydrogen-bond acceptors (Lipinski definition) is 3. The fourth-order valence-corrected chi connectivity index (χ4v) is 3.03. The Morgan fingerprint density at radius 3 is 2.64 bits per heavy atom. The summed E-state index contributed by atoms with van der Waals surface area (Å²) in [5.41, 5.74) is 7.75. The van der Waals surface area contributed by atoms with Gasteiger partial charge in [-0.2, -0.15) is 0 Å². The number of rotatable bonds is 5. The standard InChI is InChI=1S/C17H23N3O2/c1-11-2-6-14(7-3-11)20-10-13(8-16(20)21)17(22)19-15(9-18)12-4-5-12/h2-3,6-7,12-13,15H,4-5,8-10,18H2,1H3,(H,19,22). The van der Waals surface area contributed by atoms with E-state index in [0.29, 0.717) is 19.0 Å². The largest absolute Gasteiger partial charge is 0.352 e. The minimum Gasteiger partial charge on any atom is -0.352 e. The summed E-state index contributed by atoms with van der Waals surface area (Å²) in [4.78, 5) is 26.3. The number of nitrogens with two attached hydrogens (primary N) is 1. The Morgan fingerprint density at radius 1 is 1.36 bits per heavy atom. The van der Waals surface area contributed by atoms with E-state index in [2.05, 4.69) is 5.32 Å². The number of amides is 2. The SMILES string of the molecule is Cc1ccc(N2CC(C(=O)NC(CN)C3CC3)CC2=O)cc1. The Labute approximate surface area is 130 Å². The molecule has 1 heterocycles. The van der Waals surface area contributed by atoms with E-state index in [1.165, 1.54) is 0 Å². The first-order chi connectivity index (χ1) is 10.6. The van der Waals surface area contributed by atoms with Crippen LogP contribution in [-0.4, -0.2) is 30.9 Å². The van der Waals surface area contributed by atoms with Crippen LogP contribution in [0.4, 0.5) is 5.69 Å². The molecule has 1 aliphatic carbocycles. The zero-order chi connectivity index (χ0) is 15.7. The van der Waals surface area contributed by atoms with Gasteiger partial charge in [0.2, 0.25) is 11.8 Å². The normalized spacial score (nSPS) is 22.7. The van der Waals surface area contributed by atoms with Gasteiger partial charge in [-0.3, -0.25) is 9.59 Å². The lowest BCUT2D eigenvalue weighted by Crippen LogP contribution is -2.45. The van der Waals surface area contributed by atoms with Crippen molar-refractivity contribution in [2.24, 2.45) is 17.6 Å². The average molecular weight is 301 g/mol. The zero-order valence-corrected chi connectivity index (χ0v) is 12.9. The summed E-state index contributed by atoms with van der Waals surface area (Å²) in [7, 11) is 0. The molecule has 0 spiro atoms. The second-order valence-corrected chi connectivity index (χ2v) is 6.43. The van der Waals surface area contributed by atoms with Crippen LogP contribution < -0.4 is 16.0 Å². The summed E-state index contributed by atoms with van der Waals surface area (Å²) >= 11 is 0. The third-order valence-corrected chi connectivity index (χ3v) is 4.61. The quantitative estimate of drug-likeness (QED) is 0.858. The van der Waals surface area contributed by atoms with Crippen LogP contribution in [0.2, 0.25) is 0 Å². The van der Waals surface area contributed by atoms with Crippen LogP contribution in [0.25, 0.3) is 0 Å². The van der Waals surface area contributed by atoms with Crippen LogP contribution in [0.5, 0.6) is 0 Å². The molecule has 2 fully saturated rings. The first-order valence-electron chi connectivity index (χ1n) is 7.96. The van der Waals surface area contributed by atoms with Gasteiger partial charge < -0.3 is 16.0 Å². The highest BCUT2D eigenvalue weighted by Gasteiger charge is 2.38. The van der Waals surface area contributed by atoms with Crippen LogP contribution in [0, 0.1) is 18.8 Å². The molecule has 3 rings (SSSR count). The maximum absolute atomic E-state index is 12.4. The lowest BCUT2D eigenvalue weighted by molar-refractivity contribution is -0.127. The van der Waals surface area contributed by atoms with Gasteiger partial charge in [-0.1, -0.05) is 17.7 Å². The molecule has 1 saturated carbocycles. The maximum Gasteiger partial charge on any atom is 0.227 e. The summed E-state index contributed by atoms with van der Waals surface area (Å²) < 4.78 is 0. The maximum atomic E-state index is 12.4. The first kappa shape index (κ1) is 15.0. The van der Waals surface area contributed by atoms with Crippen molar-refractivity contribution < 1.29 is 9.59 Å². The van der Waals surface area contributed by atoms with Crippen LogP contribution in [0.3, 0.4) is 0 Å². The Morgan fingerprint density at radius 2 is 2.05 bits per heavy atom. The van der Waals surface area contributed by atoms with Crippen molar-refractivity contribution in [3.63, 3.8) is 0 Å². The molecule has 5 heteroatoms. The van der Waals surface area contributed by atoms with Gasteiger partial charge in [-0.15, -0.1) is 0 Å². The summed E-state index contributed by atoms with van der Waals surface area (Å²) in [6.07, 6.45) is 2.56. The van der Waals surface area contributed by atoms with Gasteiger partial charge in [0.25, 0.3) is 0 Å². The van der Waals surface area contributed by atoms with Gasteiger partial charge in [0.15, 0.2) is 0 Å². The highest BCUT2D eigenvalue weighted by Crippen LogP contribution is 2.32. The molecule has 3 N–H and O–H groups in total. The fraction of sp³-hybridized carbons (Fsp3) is 0.529. The predicted octanol–water partition coefficient (Wildman–Crippen LogP) is 1.20. The van der Waals surface area contributed by atoms with Crippen molar-refractivity contribution >= 4 is 17.5 Å². The monoisotopic (exact) mass is 301 g/mol. The molecule has 1 aromatic carbocycles. The van der Waals surface area contributed by atoms with E-state index in [-0.39, 0.29) is 30.2 Å². The summed E-state index contributed by atoms with van der Waals surface area (Å²) in [5.74, 6) is 0.228. The molecule has 0 radical (unpaired) electrons. The van der Waals surface area contributed by atoms with Gasteiger partial charge in [0.1, 0.15) is 0 Å². The molecule has 2 atom stereocenters. The molecule has 1 aromatic rings. The number of hydrogen-bond donors (Lipinski definition) is 2. The lowest BCUT2D eigenvalue weighted by Gasteiger charge is -2.20. The topological polar surface area (TPSA) is 75.4 Å². The van der Waals surface area contributed by atoms with E-state index >= 15 is 0 Å². The molecule has 2 aliphatic rings. The number of anilines is 1. The van der Waals surface area contributed by atoms with Crippen molar-refractivity contribution in [1.82, 2.24) is 5.32 Å². The van der Waals surface area contributed by atoms with E-state index in [1.807, 2.05) is 31.2 Å². The van der Waals surface area contributed by atoms with E-state index in [0.717, 1.165) is 24.1 Å². The molecule has 2 unspecified atom stereocenters. The third-order valence-electron chi connectivity index (χ3n) is 4.61. The molecule has 1 saturated heterocycles. The van der Waals surface area contributed by atoms with Crippen molar-refractivity contribution in [3.05, 3.63) is 29.8 Å². The molecular formula is C17H23N3O2. The van der Waals surface area contributed by atoms with Gasteiger partial charge in [0.05, 0.1) is 5.92 Å². The Balaban J connectivity index is 1.63. The van der Waals surface area contributed by atoms with E-state index in [9.17, 15) is 9.59 Å². The molecule has 0 bridgehead atoms. The number of carbonyl (C=O) groups is 2. The van der Waals surface area contributed by atoms with E-state index in [4.69, 9.17) is 5.73 Å². The molecule has 0 aromatic heterocycles. The number of aryl methyl sites for hydroxylation is 1. The molecule has 1 aliphatic heterocycles. The van der Waals surface area contributed by atoms with Crippen molar-refractivity contribution in [3.8, 4) is 0 Å². The van der Waals surface area contributed by atoms with Gasteiger partial charge in [-0.25, -0.2) is 0 Å². The lowest BCUT2D eigenvalue weighted by atomic mass is 10.1. The number of carbonyl (C=O) groups excluding carboxylic acids is 2. The zero-order valence-electron chi connectivity index (χ0n) is 12.9. The average Bonchev–Trinajstić information content (AvgIpc) is 3.28. The van der Waals surface area contributed by atoms with Crippen molar-refractivity contribution in [2.45, 2.75) is 32.2 Å². The van der Waals surface area contributed by atoms with E-state index in [1.54, 1.807) is 4.90 Å². The number of nitrogens with one attached hydrogen (secondary N) is 1. The summed E-state index contributed by atoms with van der Waals surface area (Å²) in [6, 6.07) is 7.89. The second-order valence-electron chi connectivity index (χ2n) is 6.43. The Bertz CT molecular complexity index is 566. The summed E-state index contributed by atoms with van der Waals surface area (Å²) in [6.45, 7) is 2.94. The molecule has 5 nitrogen and oxygen atoms in total. The van der Waals surface area contributed by atoms with Gasteiger partial charge in [0, 0.05) is 31.2 Å². The highest BCUT2D eigenvalue weighted by molar-refractivity contribution is 6.00. The van der Waals surface area contributed by atoms with Crippen molar-refractivity contribution in [2.75, 3.05) is 18.0 Å². The van der Waals surface area contributed by atoms with Gasteiger partial charge >= 0.3 is 0 Å². The molecular weight excluding hydrogens is 278 g/mol. The van der Waals surface area contributed by atoms with Crippen molar-refractivity contribution in [1.29, 1.82) is 0 Å². The minimum absolute atomic E-state index is 0.0136. The number of nitrogens with zero attached hydrogens (tertiary/aromatic N) is 1. The first-order valence-corrected chi connectivity index (χ1v) is 7.96. The molecule has 118 valence electrons. The van der Waals surface area contributed by atoms with Crippen LogP contribution in [0.15, 0.2) is 24.3 Å². The number of benzene rings is 1. The Kier molecular flexibility index (Phi) is 4.16. The Hall–Kier alpha value is -1.88. The predicted molar refractivity (Wildman–Crippen MR) is 85.3 cm³/mol. The van der Waals surface area contributed by atoms with Crippen LogP contribution >= 0.6 is 0 Å². The van der Waals surface area contributed by atoms with Crippen LogP contribution in [-0.2, 0) is 9.59 Å². The fourth-order valence-electron chi connectivity index (χ4n) is 3.03. The second kappa shape index (κ2) is 6.08.